The van der Waals surface area contributed by atoms with Crippen LogP contribution in [0.2, 0.25) is 5.02 Å². The Balaban J connectivity index is 1.38. The number of piperazine rings is 1. The van der Waals surface area contributed by atoms with Crippen LogP contribution < -0.4 is 10.1 Å². The summed E-state index contributed by atoms with van der Waals surface area (Å²) in [5.41, 5.74) is 0. The maximum absolute atomic E-state index is 12.2. The van der Waals surface area contributed by atoms with Crippen LogP contribution in [0.15, 0.2) is 34.9 Å². The minimum absolute atomic E-state index is 0.153. The first-order chi connectivity index (χ1) is 12.1. The number of benzene rings is 1. The van der Waals surface area contributed by atoms with Gasteiger partial charge in [0.2, 0.25) is 0 Å². The van der Waals surface area contributed by atoms with E-state index < -0.39 is 0 Å². The van der Waals surface area contributed by atoms with E-state index in [2.05, 4.69) is 15.4 Å². The number of aryl methyl sites for hydroxylation is 1. The average molecular weight is 365 g/mol. The molecule has 25 heavy (non-hydrogen) atoms. The van der Waals surface area contributed by atoms with Crippen LogP contribution in [-0.4, -0.2) is 60.3 Å². The van der Waals surface area contributed by atoms with Gasteiger partial charge in [0.05, 0.1) is 5.02 Å². The van der Waals surface area contributed by atoms with E-state index in [9.17, 15) is 4.79 Å². The van der Waals surface area contributed by atoms with E-state index in [1.165, 1.54) is 0 Å². The van der Waals surface area contributed by atoms with Crippen molar-refractivity contribution in [1.29, 1.82) is 0 Å². The first-order valence-corrected chi connectivity index (χ1v) is 8.58. The van der Waals surface area contributed by atoms with E-state index in [0.717, 1.165) is 19.6 Å². The zero-order chi connectivity index (χ0) is 17.6. The molecule has 8 heteroatoms. The highest BCUT2D eigenvalue weighted by molar-refractivity contribution is 6.32. The fraction of sp³-hybridized carbons (Fsp3) is 0.412. The summed E-state index contributed by atoms with van der Waals surface area (Å²) in [7, 11) is 0. The van der Waals surface area contributed by atoms with Crippen molar-refractivity contribution in [2.45, 2.75) is 6.92 Å². The van der Waals surface area contributed by atoms with Gasteiger partial charge in [-0.25, -0.2) is 4.79 Å². The van der Waals surface area contributed by atoms with Crippen molar-refractivity contribution < 1.29 is 14.1 Å². The summed E-state index contributed by atoms with van der Waals surface area (Å²) in [4.78, 5) is 16.2. The van der Waals surface area contributed by atoms with Gasteiger partial charge in [0.25, 0.3) is 0 Å². The smallest absolute Gasteiger partial charge is 0.323 e. The van der Waals surface area contributed by atoms with Gasteiger partial charge in [0.1, 0.15) is 18.1 Å². The highest BCUT2D eigenvalue weighted by Gasteiger charge is 2.21. The Kier molecular flexibility index (Phi) is 5.78. The predicted octanol–water partition coefficient (Wildman–Crippen LogP) is 2.86. The fourth-order valence-electron chi connectivity index (χ4n) is 2.63. The topological polar surface area (TPSA) is 70.8 Å². The van der Waals surface area contributed by atoms with Crippen LogP contribution in [0, 0.1) is 6.92 Å². The van der Waals surface area contributed by atoms with Crippen molar-refractivity contribution in [2.75, 3.05) is 44.6 Å². The van der Waals surface area contributed by atoms with Crippen LogP contribution in [0.1, 0.15) is 5.76 Å². The average Bonchev–Trinajstić information content (AvgIpc) is 3.02. The molecule has 0 atom stereocenters. The number of hydrogen-bond donors (Lipinski definition) is 1. The van der Waals surface area contributed by atoms with E-state index >= 15 is 0 Å². The summed E-state index contributed by atoms with van der Waals surface area (Å²) in [5, 5.41) is 7.13. The molecular formula is C17H21ClN4O3. The number of halogens is 1. The second-order valence-corrected chi connectivity index (χ2v) is 6.27. The molecule has 1 saturated heterocycles. The SMILES string of the molecule is Cc1cc(NC(=O)N2CCN(CCOc3ccccc3Cl)CC2)no1. The minimum Gasteiger partial charge on any atom is -0.491 e. The number of rotatable bonds is 5. The highest BCUT2D eigenvalue weighted by atomic mass is 35.5. The Hall–Kier alpha value is -2.25. The summed E-state index contributed by atoms with van der Waals surface area (Å²) in [6, 6.07) is 8.98. The molecule has 1 N–H and O–H groups in total. The van der Waals surface area contributed by atoms with Gasteiger partial charge in [-0.15, -0.1) is 0 Å². The third-order valence-corrected chi connectivity index (χ3v) is 4.34. The first-order valence-electron chi connectivity index (χ1n) is 8.21. The van der Waals surface area contributed by atoms with Crippen molar-refractivity contribution in [3.63, 3.8) is 0 Å². The normalized spacial score (nSPS) is 15.2. The molecule has 1 fully saturated rings. The minimum atomic E-state index is -0.153. The number of aromatic nitrogens is 1. The molecule has 0 spiro atoms. The Morgan fingerprint density at radius 2 is 2.08 bits per heavy atom. The molecule has 0 unspecified atom stereocenters. The number of para-hydroxylation sites is 1. The van der Waals surface area contributed by atoms with Gasteiger partial charge < -0.3 is 14.2 Å². The van der Waals surface area contributed by atoms with E-state index in [-0.39, 0.29) is 6.03 Å². The molecule has 1 aromatic heterocycles. The lowest BCUT2D eigenvalue weighted by Gasteiger charge is -2.34. The molecule has 2 heterocycles. The third-order valence-electron chi connectivity index (χ3n) is 4.02. The molecule has 1 aromatic carbocycles. The van der Waals surface area contributed by atoms with Crippen LogP contribution in [0.3, 0.4) is 0 Å². The van der Waals surface area contributed by atoms with Crippen LogP contribution in [-0.2, 0) is 0 Å². The van der Waals surface area contributed by atoms with Gasteiger partial charge in [-0.2, -0.15) is 0 Å². The van der Waals surface area contributed by atoms with Gasteiger partial charge >= 0.3 is 6.03 Å². The largest absolute Gasteiger partial charge is 0.491 e. The lowest BCUT2D eigenvalue weighted by Crippen LogP contribution is -2.50. The van der Waals surface area contributed by atoms with E-state index in [1.54, 1.807) is 17.9 Å². The maximum Gasteiger partial charge on any atom is 0.323 e. The Morgan fingerprint density at radius 3 is 2.76 bits per heavy atom. The maximum atomic E-state index is 12.2. The molecule has 134 valence electrons. The van der Waals surface area contributed by atoms with Crippen molar-refractivity contribution >= 4 is 23.4 Å². The molecule has 0 radical (unpaired) electrons. The molecule has 7 nitrogen and oxygen atoms in total. The fourth-order valence-corrected chi connectivity index (χ4v) is 2.83. The van der Waals surface area contributed by atoms with Crippen molar-refractivity contribution in [2.24, 2.45) is 0 Å². The number of anilines is 1. The number of urea groups is 1. The Morgan fingerprint density at radius 1 is 1.32 bits per heavy atom. The van der Waals surface area contributed by atoms with Crippen LogP contribution in [0.5, 0.6) is 5.75 Å². The monoisotopic (exact) mass is 364 g/mol. The molecule has 0 aliphatic carbocycles. The van der Waals surface area contributed by atoms with E-state index in [1.807, 2.05) is 24.3 Å². The quantitative estimate of drug-likeness (QED) is 0.883. The second-order valence-electron chi connectivity index (χ2n) is 5.86. The lowest BCUT2D eigenvalue weighted by molar-refractivity contribution is 0.132. The molecule has 0 saturated carbocycles. The summed E-state index contributed by atoms with van der Waals surface area (Å²) in [5.74, 6) is 1.81. The number of carbonyl (C=O) groups excluding carboxylic acids is 1. The molecule has 1 aliphatic heterocycles. The molecule has 2 amide bonds. The van der Waals surface area contributed by atoms with Crippen LogP contribution in [0.4, 0.5) is 10.6 Å². The summed E-state index contributed by atoms with van der Waals surface area (Å²) < 4.78 is 10.7. The van der Waals surface area contributed by atoms with Gasteiger partial charge in [-0.3, -0.25) is 10.2 Å². The van der Waals surface area contributed by atoms with Crippen molar-refractivity contribution in [3.05, 3.63) is 41.1 Å². The van der Waals surface area contributed by atoms with Gasteiger partial charge in [0, 0.05) is 38.8 Å². The number of carbonyl (C=O) groups is 1. The Labute approximate surface area is 151 Å². The number of hydrogen-bond acceptors (Lipinski definition) is 5. The predicted molar refractivity (Wildman–Crippen MR) is 95.2 cm³/mol. The van der Waals surface area contributed by atoms with E-state index in [4.69, 9.17) is 20.9 Å². The number of nitrogens with zero attached hydrogens (tertiary/aromatic N) is 3. The van der Waals surface area contributed by atoms with Gasteiger partial charge in [0.15, 0.2) is 5.82 Å². The number of amides is 2. The van der Waals surface area contributed by atoms with Crippen molar-refractivity contribution in [3.8, 4) is 5.75 Å². The zero-order valence-corrected chi connectivity index (χ0v) is 14.8. The molecule has 0 bridgehead atoms. The molecule has 3 rings (SSSR count). The summed E-state index contributed by atoms with van der Waals surface area (Å²) >= 11 is 6.07. The van der Waals surface area contributed by atoms with Gasteiger partial charge in [-0.05, 0) is 19.1 Å². The molecule has 1 aliphatic rings. The zero-order valence-electron chi connectivity index (χ0n) is 14.1. The number of nitrogens with one attached hydrogen (secondary N) is 1. The summed E-state index contributed by atoms with van der Waals surface area (Å²) in [6.45, 7) is 6.07. The second kappa shape index (κ2) is 8.22. The first kappa shape index (κ1) is 17.6. The van der Waals surface area contributed by atoms with Crippen LogP contribution >= 0.6 is 11.6 Å². The van der Waals surface area contributed by atoms with E-state index in [0.29, 0.717) is 42.0 Å². The number of ether oxygens (including phenoxy) is 1. The van der Waals surface area contributed by atoms with Crippen LogP contribution in [0.25, 0.3) is 0 Å². The lowest BCUT2D eigenvalue weighted by atomic mass is 10.3. The summed E-state index contributed by atoms with van der Waals surface area (Å²) in [6.07, 6.45) is 0. The molecule has 2 aromatic rings. The van der Waals surface area contributed by atoms with Crippen molar-refractivity contribution in [1.82, 2.24) is 15.0 Å². The van der Waals surface area contributed by atoms with Gasteiger partial charge in [-0.1, -0.05) is 28.9 Å². The molecular weight excluding hydrogens is 344 g/mol. The standard InChI is InChI=1S/C17H21ClN4O3/c1-13-12-16(20-25-13)19-17(23)22-8-6-21(7-9-22)10-11-24-15-5-3-2-4-14(15)18/h2-5,12H,6-11H2,1H3,(H,19,20,23). The Bertz CT molecular complexity index is 713. The highest BCUT2D eigenvalue weighted by Crippen LogP contribution is 2.22. The third kappa shape index (κ3) is 4.87.